The highest BCUT2D eigenvalue weighted by atomic mass is 16.5. The summed E-state index contributed by atoms with van der Waals surface area (Å²) in [5.41, 5.74) is 3.44. The average Bonchev–Trinajstić information content (AvgIpc) is 3.39. The lowest BCUT2D eigenvalue weighted by Gasteiger charge is -2.08. The Morgan fingerprint density at radius 1 is 0.921 bits per heavy atom. The number of amides is 2. The van der Waals surface area contributed by atoms with Gasteiger partial charge in [0.25, 0.3) is 11.8 Å². The molecule has 194 valence electrons. The first kappa shape index (κ1) is 26.2. The van der Waals surface area contributed by atoms with E-state index in [1.165, 1.54) is 6.21 Å². The third-order valence-electron chi connectivity index (χ3n) is 5.27. The summed E-state index contributed by atoms with van der Waals surface area (Å²) in [6, 6.07) is 23.7. The molecule has 0 saturated heterocycles. The van der Waals surface area contributed by atoms with Crippen molar-refractivity contribution in [1.29, 1.82) is 0 Å². The molecule has 0 radical (unpaired) electrons. The number of hydrogen-bond donors (Lipinski definition) is 2. The zero-order chi connectivity index (χ0) is 26.9. The van der Waals surface area contributed by atoms with E-state index in [0.29, 0.717) is 28.4 Å². The Kier molecular flexibility index (Phi) is 8.50. The Bertz CT molecular complexity index is 1470. The first-order valence-electron chi connectivity index (χ1n) is 12.0. The Morgan fingerprint density at radius 2 is 1.74 bits per heavy atom. The van der Waals surface area contributed by atoms with E-state index in [2.05, 4.69) is 15.8 Å². The molecule has 0 bridgehead atoms. The van der Waals surface area contributed by atoms with E-state index in [0.717, 1.165) is 10.8 Å². The zero-order valence-electron chi connectivity index (χ0n) is 21.0. The third kappa shape index (κ3) is 7.30. The van der Waals surface area contributed by atoms with E-state index >= 15 is 0 Å². The van der Waals surface area contributed by atoms with Crippen molar-refractivity contribution in [3.8, 4) is 17.1 Å². The summed E-state index contributed by atoms with van der Waals surface area (Å²) in [6.45, 7) is 3.09. The fourth-order valence-electron chi connectivity index (χ4n) is 3.50. The van der Waals surface area contributed by atoms with Crippen molar-refractivity contribution in [2.24, 2.45) is 5.10 Å². The number of hydrazone groups is 1. The van der Waals surface area contributed by atoms with E-state index < -0.39 is 17.8 Å². The number of benzene rings is 3. The summed E-state index contributed by atoms with van der Waals surface area (Å²) in [7, 11) is 0. The van der Waals surface area contributed by atoms with E-state index in [4.69, 9.17) is 13.9 Å². The van der Waals surface area contributed by atoms with Gasteiger partial charge >= 0.3 is 5.97 Å². The highest BCUT2D eigenvalue weighted by molar-refractivity contribution is 5.91. The van der Waals surface area contributed by atoms with E-state index in [1.54, 1.807) is 56.3 Å². The first-order valence-corrected chi connectivity index (χ1v) is 12.0. The summed E-state index contributed by atoms with van der Waals surface area (Å²) in [5, 5.41) is 8.41. The van der Waals surface area contributed by atoms with Crippen molar-refractivity contribution >= 4 is 34.8 Å². The maximum absolute atomic E-state index is 12.1. The normalized spacial score (nSPS) is 11.0. The van der Waals surface area contributed by atoms with Crippen LogP contribution in [0.5, 0.6) is 5.75 Å². The van der Waals surface area contributed by atoms with Crippen molar-refractivity contribution in [1.82, 2.24) is 10.7 Å². The van der Waals surface area contributed by atoms with Gasteiger partial charge < -0.3 is 19.2 Å². The molecule has 0 aliphatic carbocycles. The van der Waals surface area contributed by atoms with Gasteiger partial charge in [0, 0.05) is 5.56 Å². The molecule has 0 aliphatic rings. The lowest BCUT2D eigenvalue weighted by Crippen LogP contribution is -2.37. The van der Waals surface area contributed by atoms with Crippen molar-refractivity contribution in [3.05, 3.63) is 90.2 Å². The van der Waals surface area contributed by atoms with Crippen molar-refractivity contribution in [2.75, 3.05) is 13.2 Å². The van der Waals surface area contributed by atoms with Gasteiger partial charge in [-0.1, -0.05) is 42.5 Å². The number of carbonyl (C=O) groups is 3. The van der Waals surface area contributed by atoms with E-state index in [-0.39, 0.29) is 19.3 Å². The summed E-state index contributed by atoms with van der Waals surface area (Å²) < 4.78 is 16.5. The lowest BCUT2D eigenvalue weighted by atomic mass is 10.1. The molecule has 1 aromatic heterocycles. The van der Waals surface area contributed by atoms with Crippen LogP contribution in [0.3, 0.4) is 0 Å². The molecule has 0 unspecified atom stereocenters. The smallest absolute Gasteiger partial charge is 0.338 e. The Morgan fingerprint density at radius 3 is 2.55 bits per heavy atom. The lowest BCUT2D eigenvalue weighted by molar-refractivity contribution is -0.127. The standard InChI is InChI=1S/C29H27N3O6/c1-19(2)37-29(35)23-9-5-8-22(14-23)26-13-12-25(38-26)16-31-32-27(33)17-30-28(34)18-36-24-11-10-20-6-3-4-7-21(20)15-24/h3-16,19H,17-18H2,1-2H3,(H,30,34)(H,32,33)/b31-16-. The van der Waals surface area contributed by atoms with Crippen LogP contribution in [-0.2, 0) is 14.3 Å². The van der Waals surface area contributed by atoms with Gasteiger partial charge in [0.1, 0.15) is 17.3 Å². The summed E-state index contributed by atoms with van der Waals surface area (Å²) in [4.78, 5) is 36.2. The molecular weight excluding hydrogens is 486 g/mol. The number of hydrogen-bond acceptors (Lipinski definition) is 7. The van der Waals surface area contributed by atoms with E-state index in [9.17, 15) is 14.4 Å². The molecule has 9 nitrogen and oxygen atoms in total. The molecule has 0 fully saturated rings. The predicted octanol–water partition coefficient (Wildman–Crippen LogP) is 4.31. The SMILES string of the molecule is CC(C)OC(=O)c1cccc(-c2ccc(/C=N\NC(=O)CNC(=O)COc3ccc4ccccc4c3)o2)c1. The van der Waals surface area contributed by atoms with Crippen LogP contribution in [0.1, 0.15) is 30.0 Å². The van der Waals surface area contributed by atoms with Gasteiger partial charge in [-0.3, -0.25) is 9.59 Å². The molecule has 3 aromatic carbocycles. The Hall–Kier alpha value is -4.92. The van der Waals surface area contributed by atoms with Crippen LogP contribution in [0.2, 0.25) is 0 Å². The van der Waals surface area contributed by atoms with Gasteiger partial charge in [0.05, 0.1) is 24.4 Å². The third-order valence-corrected chi connectivity index (χ3v) is 5.27. The Labute approximate surface area is 219 Å². The number of furan rings is 1. The van der Waals surface area contributed by atoms with Gasteiger partial charge in [-0.05, 0) is 61.0 Å². The van der Waals surface area contributed by atoms with Gasteiger partial charge in [-0.15, -0.1) is 0 Å². The summed E-state index contributed by atoms with van der Waals surface area (Å²) in [5.74, 6) is 0.119. The first-order chi connectivity index (χ1) is 18.4. The molecule has 4 aromatic rings. The van der Waals surface area contributed by atoms with Gasteiger partial charge in [0.2, 0.25) is 0 Å². The molecule has 9 heteroatoms. The summed E-state index contributed by atoms with van der Waals surface area (Å²) in [6.07, 6.45) is 1.12. The number of nitrogens with one attached hydrogen (secondary N) is 2. The minimum Gasteiger partial charge on any atom is -0.484 e. The molecule has 1 heterocycles. The molecule has 0 atom stereocenters. The number of rotatable bonds is 10. The molecule has 2 amide bonds. The molecule has 0 spiro atoms. The highest BCUT2D eigenvalue weighted by Crippen LogP contribution is 2.23. The van der Waals surface area contributed by atoms with Crippen LogP contribution >= 0.6 is 0 Å². The van der Waals surface area contributed by atoms with Crippen LogP contribution < -0.4 is 15.5 Å². The molecule has 4 rings (SSSR count). The predicted molar refractivity (Wildman–Crippen MR) is 143 cm³/mol. The molecule has 2 N–H and O–H groups in total. The number of carbonyl (C=O) groups excluding carboxylic acids is 3. The van der Waals surface area contributed by atoms with Crippen molar-refractivity contribution < 1.29 is 28.3 Å². The molecule has 38 heavy (non-hydrogen) atoms. The second-order valence-corrected chi connectivity index (χ2v) is 8.60. The summed E-state index contributed by atoms with van der Waals surface area (Å²) >= 11 is 0. The fraction of sp³-hybridized carbons (Fsp3) is 0.172. The topological polar surface area (TPSA) is 119 Å². The second kappa shape index (κ2) is 12.4. The van der Waals surface area contributed by atoms with Gasteiger partial charge in [-0.2, -0.15) is 5.10 Å². The molecule has 0 saturated carbocycles. The highest BCUT2D eigenvalue weighted by Gasteiger charge is 2.12. The quantitative estimate of drug-likeness (QED) is 0.185. The fourth-order valence-corrected chi connectivity index (χ4v) is 3.50. The minimum atomic E-state index is -0.511. The van der Waals surface area contributed by atoms with Crippen LogP contribution in [0, 0.1) is 0 Å². The van der Waals surface area contributed by atoms with Crippen LogP contribution in [0.4, 0.5) is 0 Å². The van der Waals surface area contributed by atoms with Crippen molar-refractivity contribution in [2.45, 2.75) is 20.0 Å². The van der Waals surface area contributed by atoms with Crippen molar-refractivity contribution in [3.63, 3.8) is 0 Å². The minimum absolute atomic E-state index is 0.218. The second-order valence-electron chi connectivity index (χ2n) is 8.60. The van der Waals surface area contributed by atoms with Gasteiger partial charge in [-0.25, -0.2) is 10.2 Å². The Balaban J connectivity index is 1.21. The number of fused-ring (bicyclic) bond motifs is 1. The van der Waals surface area contributed by atoms with E-state index in [1.807, 2.05) is 36.4 Å². The number of nitrogens with zero attached hydrogens (tertiary/aromatic N) is 1. The monoisotopic (exact) mass is 513 g/mol. The average molecular weight is 514 g/mol. The van der Waals surface area contributed by atoms with Gasteiger partial charge in [0.15, 0.2) is 6.61 Å². The number of ether oxygens (including phenoxy) is 2. The maximum Gasteiger partial charge on any atom is 0.338 e. The maximum atomic E-state index is 12.1. The molecular formula is C29H27N3O6. The van der Waals surface area contributed by atoms with Crippen LogP contribution in [0.25, 0.3) is 22.1 Å². The number of esters is 1. The zero-order valence-corrected chi connectivity index (χ0v) is 21.0. The van der Waals surface area contributed by atoms with Crippen LogP contribution in [-0.4, -0.2) is 43.3 Å². The largest absolute Gasteiger partial charge is 0.484 e. The molecule has 0 aliphatic heterocycles. The van der Waals surface area contributed by atoms with Crippen LogP contribution in [0.15, 0.2) is 88.4 Å².